The monoisotopic (exact) mass is 730 g/mol. The second-order valence-corrected chi connectivity index (χ2v) is 14.8. The lowest BCUT2D eigenvalue weighted by atomic mass is 9.85. The SMILES string of the molecule is COc1cc2nn(C3CCC(CN4CCN(c5ccc6c(c5)C(=O)N(C5CCC(=O)NC5=O)C6)CC4)CC3)cc2cc1C(=O)Nc1cnc2cccnn12. The zero-order chi connectivity index (χ0) is 36.9. The van der Waals surface area contributed by atoms with Gasteiger partial charge in [-0.2, -0.15) is 14.7 Å². The molecule has 1 saturated carbocycles. The first-order valence-corrected chi connectivity index (χ1v) is 18.7. The Labute approximate surface area is 311 Å². The van der Waals surface area contributed by atoms with Crippen LogP contribution in [-0.4, -0.2) is 104 Å². The molecule has 5 aromatic rings. The number of carbonyl (C=O) groups excluding carboxylic acids is 4. The molecule has 4 aliphatic rings. The molecule has 3 aromatic heterocycles. The highest BCUT2D eigenvalue weighted by Gasteiger charge is 2.39. The van der Waals surface area contributed by atoms with Crippen molar-refractivity contribution in [3.63, 3.8) is 0 Å². The van der Waals surface area contributed by atoms with Crippen LogP contribution in [-0.2, 0) is 16.1 Å². The van der Waals surface area contributed by atoms with Gasteiger partial charge in [-0.15, -0.1) is 0 Å². The summed E-state index contributed by atoms with van der Waals surface area (Å²) in [6.45, 7) is 5.17. The quantitative estimate of drug-likeness (QED) is 0.226. The van der Waals surface area contributed by atoms with E-state index in [1.807, 2.05) is 36.5 Å². The van der Waals surface area contributed by atoms with Crippen LogP contribution in [0, 0.1) is 5.92 Å². The highest BCUT2D eigenvalue weighted by molar-refractivity contribution is 6.08. The number of piperidine rings is 1. The number of methoxy groups -OCH3 is 1. The number of nitrogens with one attached hydrogen (secondary N) is 2. The summed E-state index contributed by atoms with van der Waals surface area (Å²) in [5, 5.41) is 15.4. The van der Waals surface area contributed by atoms with Gasteiger partial charge in [-0.25, -0.2) is 4.98 Å². The molecule has 1 atom stereocenters. The number of imide groups is 1. The lowest BCUT2D eigenvalue weighted by Crippen LogP contribution is -2.52. The molecule has 278 valence electrons. The van der Waals surface area contributed by atoms with Crippen LogP contribution in [0.5, 0.6) is 5.75 Å². The van der Waals surface area contributed by atoms with E-state index >= 15 is 0 Å². The first kappa shape index (κ1) is 34.0. The van der Waals surface area contributed by atoms with Crippen molar-refractivity contribution in [3.05, 3.63) is 77.7 Å². The van der Waals surface area contributed by atoms with Gasteiger partial charge in [-0.1, -0.05) is 6.07 Å². The normalized spacial score (nSPS) is 22.2. The van der Waals surface area contributed by atoms with Gasteiger partial charge in [0.05, 0.1) is 30.4 Å². The third kappa shape index (κ3) is 6.31. The Hall–Kier alpha value is -5.83. The third-order valence-corrected chi connectivity index (χ3v) is 11.6. The van der Waals surface area contributed by atoms with E-state index in [1.165, 1.54) is 0 Å². The van der Waals surface area contributed by atoms with Gasteiger partial charge in [0.1, 0.15) is 11.8 Å². The molecule has 3 fully saturated rings. The number of aromatic nitrogens is 5. The Morgan fingerprint density at radius 1 is 1.00 bits per heavy atom. The topological polar surface area (TPSA) is 159 Å². The minimum absolute atomic E-state index is 0.135. The molecule has 2 saturated heterocycles. The number of fused-ring (bicyclic) bond motifs is 3. The molecular formula is C39H42N10O5. The number of anilines is 2. The van der Waals surface area contributed by atoms with E-state index in [0.717, 1.165) is 80.6 Å². The fraction of sp³-hybridized carbons (Fsp3) is 0.410. The van der Waals surface area contributed by atoms with Crippen LogP contribution >= 0.6 is 0 Å². The second-order valence-electron chi connectivity index (χ2n) is 14.8. The van der Waals surface area contributed by atoms with Crippen LogP contribution in [0.2, 0.25) is 0 Å². The molecule has 2 aromatic carbocycles. The Morgan fingerprint density at radius 3 is 2.63 bits per heavy atom. The largest absolute Gasteiger partial charge is 0.496 e. The van der Waals surface area contributed by atoms with Gasteiger partial charge in [0, 0.05) is 80.8 Å². The molecule has 15 nitrogen and oxygen atoms in total. The number of piperazine rings is 1. The Kier molecular flexibility index (Phi) is 8.72. The summed E-state index contributed by atoms with van der Waals surface area (Å²) in [4.78, 5) is 61.6. The van der Waals surface area contributed by atoms with Gasteiger partial charge in [0.15, 0.2) is 11.5 Å². The molecule has 9 rings (SSSR count). The number of imidazole rings is 1. The van der Waals surface area contributed by atoms with Gasteiger partial charge < -0.3 is 19.9 Å². The van der Waals surface area contributed by atoms with E-state index in [2.05, 4.69) is 41.3 Å². The van der Waals surface area contributed by atoms with Crippen LogP contribution in [0.3, 0.4) is 0 Å². The smallest absolute Gasteiger partial charge is 0.260 e. The molecule has 6 heterocycles. The van der Waals surface area contributed by atoms with Crippen molar-refractivity contribution in [2.45, 2.75) is 57.2 Å². The van der Waals surface area contributed by atoms with E-state index in [1.54, 1.807) is 35.0 Å². The van der Waals surface area contributed by atoms with Crippen LogP contribution in [0.25, 0.3) is 16.6 Å². The van der Waals surface area contributed by atoms with Crippen LogP contribution in [0.1, 0.15) is 70.8 Å². The average Bonchev–Trinajstić information content (AvgIpc) is 3.89. The van der Waals surface area contributed by atoms with Gasteiger partial charge >= 0.3 is 0 Å². The number of rotatable bonds is 8. The first-order valence-electron chi connectivity index (χ1n) is 18.7. The standard InChI is InChI=1S/C39H42N10O5/c1-54-33-19-31-26(17-30(33)37(51)42-35-20-40-34-3-2-12-41-49(34)35)23-48(44-31)27-7-4-24(5-8-27)21-45-13-15-46(16-14-45)28-9-6-25-22-47(39(53)29(25)18-28)32-10-11-36(50)43-38(32)52/h2-3,6,9,12,17-20,23-24,27,32H,4-5,7-8,10-11,13-16,21-22H2,1H3,(H,42,51)(H,43,50,52). The van der Waals surface area contributed by atoms with Crippen molar-refractivity contribution >= 4 is 51.7 Å². The molecule has 15 heteroatoms. The molecule has 0 radical (unpaired) electrons. The van der Waals surface area contributed by atoms with Gasteiger partial charge in [-0.3, -0.25) is 34.1 Å². The first-order chi connectivity index (χ1) is 26.3. The fourth-order valence-electron chi connectivity index (χ4n) is 8.59. The van der Waals surface area contributed by atoms with Gasteiger partial charge in [0.2, 0.25) is 11.8 Å². The van der Waals surface area contributed by atoms with E-state index in [0.29, 0.717) is 53.3 Å². The van der Waals surface area contributed by atoms with Crippen LogP contribution < -0.4 is 20.3 Å². The molecule has 1 aliphatic carbocycles. The molecule has 1 unspecified atom stereocenters. The maximum Gasteiger partial charge on any atom is 0.260 e. The van der Waals surface area contributed by atoms with Crippen molar-refractivity contribution in [2.75, 3.05) is 50.1 Å². The summed E-state index contributed by atoms with van der Waals surface area (Å²) in [5.74, 6) is 0.448. The molecule has 2 N–H and O–H groups in total. The van der Waals surface area contributed by atoms with Crippen molar-refractivity contribution < 1.29 is 23.9 Å². The number of carbonyl (C=O) groups is 4. The zero-order valence-electron chi connectivity index (χ0n) is 30.1. The number of hydrogen-bond donors (Lipinski definition) is 2. The third-order valence-electron chi connectivity index (χ3n) is 11.6. The minimum Gasteiger partial charge on any atom is -0.496 e. The van der Waals surface area contributed by atoms with Crippen LogP contribution in [0.15, 0.2) is 61.1 Å². The lowest BCUT2D eigenvalue weighted by molar-refractivity contribution is -0.136. The van der Waals surface area contributed by atoms with Crippen molar-refractivity contribution in [2.24, 2.45) is 5.92 Å². The van der Waals surface area contributed by atoms with Crippen molar-refractivity contribution in [1.29, 1.82) is 0 Å². The predicted octanol–water partition coefficient (Wildman–Crippen LogP) is 3.65. The molecule has 4 amide bonds. The zero-order valence-corrected chi connectivity index (χ0v) is 30.1. The maximum atomic E-state index is 13.4. The van der Waals surface area contributed by atoms with E-state index in [4.69, 9.17) is 9.84 Å². The predicted molar refractivity (Wildman–Crippen MR) is 199 cm³/mol. The molecule has 0 spiro atoms. The fourth-order valence-corrected chi connectivity index (χ4v) is 8.59. The van der Waals surface area contributed by atoms with E-state index < -0.39 is 6.04 Å². The summed E-state index contributed by atoms with van der Waals surface area (Å²) < 4.78 is 9.27. The summed E-state index contributed by atoms with van der Waals surface area (Å²) in [6.07, 6.45) is 10.2. The van der Waals surface area contributed by atoms with E-state index in [-0.39, 0.29) is 30.0 Å². The van der Waals surface area contributed by atoms with Gasteiger partial charge in [-0.05, 0) is 73.9 Å². The summed E-state index contributed by atoms with van der Waals surface area (Å²) in [6, 6.07) is 13.1. The molecule has 54 heavy (non-hydrogen) atoms. The highest BCUT2D eigenvalue weighted by atomic mass is 16.5. The summed E-state index contributed by atoms with van der Waals surface area (Å²) in [5.41, 5.74) is 4.47. The number of nitrogens with zero attached hydrogens (tertiary/aromatic N) is 8. The summed E-state index contributed by atoms with van der Waals surface area (Å²) in [7, 11) is 1.56. The number of hydrogen-bond acceptors (Lipinski definition) is 10. The van der Waals surface area contributed by atoms with Crippen molar-refractivity contribution in [1.82, 2.24) is 39.5 Å². The number of ether oxygens (including phenoxy) is 1. The molecule has 0 bridgehead atoms. The Morgan fingerprint density at radius 2 is 1.83 bits per heavy atom. The lowest BCUT2D eigenvalue weighted by Gasteiger charge is -2.39. The highest BCUT2D eigenvalue weighted by Crippen LogP contribution is 2.35. The number of benzene rings is 2. The average molecular weight is 731 g/mol. The molecule has 3 aliphatic heterocycles. The maximum absolute atomic E-state index is 13.4. The number of amides is 4. The second kappa shape index (κ2) is 13.9. The van der Waals surface area contributed by atoms with Gasteiger partial charge in [0.25, 0.3) is 11.8 Å². The minimum atomic E-state index is -0.602. The Balaban J connectivity index is 0.780. The van der Waals surface area contributed by atoms with E-state index in [9.17, 15) is 19.2 Å². The Bertz CT molecular complexity index is 2280. The van der Waals surface area contributed by atoms with Crippen molar-refractivity contribution in [3.8, 4) is 5.75 Å². The molecular weight excluding hydrogens is 688 g/mol. The van der Waals surface area contributed by atoms with Crippen LogP contribution in [0.4, 0.5) is 11.5 Å². The summed E-state index contributed by atoms with van der Waals surface area (Å²) >= 11 is 0.